The van der Waals surface area contributed by atoms with Crippen molar-refractivity contribution in [3.05, 3.63) is 53.1 Å². The maximum absolute atomic E-state index is 11.9. The molecule has 4 aliphatic rings. The monoisotopic (exact) mass is 590 g/mol. The van der Waals surface area contributed by atoms with Crippen LogP contribution in [0.3, 0.4) is 0 Å². The second kappa shape index (κ2) is 10.8. The Kier molecular flexibility index (Phi) is 7.48. The average Bonchev–Trinajstić information content (AvgIpc) is 3.45. The van der Waals surface area contributed by atoms with E-state index >= 15 is 0 Å². The molecule has 0 aromatic heterocycles. The van der Waals surface area contributed by atoms with Gasteiger partial charge < -0.3 is 63.8 Å². The molecule has 0 amide bonds. The summed E-state index contributed by atoms with van der Waals surface area (Å²) in [5.41, 5.74) is 0.00713. The molecule has 0 radical (unpaired) electrons. The summed E-state index contributed by atoms with van der Waals surface area (Å²) in [6.07, 6.45) is -9.56. The van der Waals surface area contributed by atoms with Gasteiger partial charge in [-0.2, -0.15) is 0 Å². The van der Waals surface area contributed by atoms with Crippen molar-refractivity contribution in [2.45, 2.75) is 61.0 Å². The molecule has 2 aromatic rings. The van der Waals surface area contributed by atoms with Gasteiger partial charge in [0.2, 0.25) is 0 Å². The minimum absolute atomic E-state index is 0.0386. The third-order valence-electron chi connectivity index (χ3n) is 8.41. The lowest BCUT2D eigenvalue weighted by atomic mass is 9.76. The lowest BCUT2D eigenvalue weighted by Gasteiger charge is -2.47. The van der Waals surface area contributed by atoms with E-state index in [0.29, 0.717) is 57.4 Å². The number of aliphatic hydroxyl groups is 6. The molecule has 1 fully saturated rings. The largest absolute Gasteiger partial charge is 0.493 e. The van der Waals surface area contributed by atoms with E-state index in [-0.39, 0.29) is 13.2 Å². The van der Waals surface area contributed by atoms with Gasteiger partial charge in [0, 0.05) is 29.2 Å². The molecule has 42 heavy (non-hydrogen) atoms. The Morgan fingerprint density at radius 3 is 2.45 bits per heavy atom. The average molecular weight is 591 g/mol. The molecule has 1 saturated heterocycles. The van der Waals surface area contributed by atoms with E-state index in [0.717, 1.165) is 0 Å². The molecule has 228 valence electrons. The highest BCUT2D eigenvalue weighted by Gasteiger charge is 2.56. The summed E-state index contributed by atoms with van der Waals surface area (Å²) in [4.78, 5) is 0. The van der Waals surface area contributed by atoms with Gasteiger partial charge >= 0.3 is 0 Å². The Labute approximate surface area is 241 Å². The first-order chi connectivity index (χ1) is 20.1. The number of rotatable bonds is 7. The van der Waals surface area contributed by atoms with Crippen molar-refractivity contribution in [3.8, 4) is 28.7 Å². The highest BCUT2D eigenvalue weighted by molar-refractivity contribution is 5.60. The zero-order valence-corrected chi connectivity index (χ0v) is 23.0. The molecule has 0 aliphatic carbocycles. The van der Waals surface area contributed by atoms with E-state index in [2.05, 4.69) is 6.58 Å². The van der Waals surface area contributed by atoms with Gasteiger partial charge in [-0.05, 0) is 23.8 Å². The fraction of sp³-hybridized carbons (Fsp3) is 0.517. The molecule has 13 heteroatoms. The van der Waals surface area contributed by atoms with Crippen LogP contribution in [0.4, 0.5) is 0 Å². The van der Waals surface area contributed by atoms with Crippen LogP contribution in [-0.2, 0) is 21.5 Å². The molecule has 9 atom stereocenters. The number of hydrogen-bond donors (Lipinski definition) is 6. The van der Waals surface area contributed by atoms with Gasteiger partial charge in [0.1, 0.15) is 60.5 Å². The maximum atomic E-state index is 11.9. The van der Waals surface area contributed by atoms with Crippen LogP contribution in [0.25, 0.3) is 0 Å². The summed E-state index contributed by atoms with van der Waals surface area (Å²) in [7, 11) is 2.96. The lowest BCUT2D eigenvalue weighted by Crippen LogP contribution is -2.59. The van der Waals surface area contributed by atoms with Crippen molar-refractivity contribution in [2.75, 3.05) is 34.0 Å². The molecule has 6 rings (SSSR count). The quantitative estimate of drug-likeness (QED) is 0.226. The number of ether oxygens (including phenoxy) is 7. The lowest BCUT2D eigenvalue weighted by molar-refractivity contribution is -0.299. The van der Waals surface area contributed by atoms with E-state index in [1.54, 1.807) is 24.3 Å². The smallest absolute Gasteiger partial charge is 0.187 e. The van der Waals surface area contributed by atoms with Crippen molar-refractivity contribution in [2.24, 2.45) is 0 Å². The van der Waals surface area contributed by atoms with Gasteiger partial charge in [-0.3, -0.25) is 0 Å². The third-order valence-corrected chi connectivity index (χ3v) is 8.41. The second-order valence-corrected chi connectivity index (χ2v) is 10.8. The molecule has 9 unspecified atom stereocenters. The first-order valence-corrected chi connectivity index (χ1v) is 13.5. The Hall–Kier alpha value is -3.14. The molecular weight excluding hydrogens is 556 g/mol. The Bertz CT molecular complexity index is 1360. The van der Waals surface area contributed by atoms with Crippen LogP contribution in [0.5, 0.6) is 28.7 Å². The Balaban J connectivity index is 1.20. The van der Waals surface area contributed by atoms with Gasteiger partial charge in [0.05, 0.1) is 27.4 Å². The van der Waals surface area contributed by atoms with Gasteiger partial charge in [0.15, 0.2) is 29.5 Å². The molecule has 6 N–H and O–H groups in total. The highest BCUT2D eigenvalue weighted by atomic mass is 16.7. The predicted octanol–water partition coefficient (Wildman–Crippen LogP) is -0.545. The number of aliphatic hydroxyl groups excluding tert-OH is 5. The summed E-state index contributed by atoms with van der Waals surface area (Å²) < 4.78 is 40.1. The first-order valence-electron chi connectivity index (χ1n) is 13.5. The third kappa shape index (κ3) is 4.39. The summed E-state index contributed by atoms with van der Waals surface area (Å²) in [5.74, 6) is 2.02. The van der Waals surface area contributed by atoms with E-state index in [1.165, 1.54) is 14.2 Å². The molecule has 0 bridgehead atoms. The fourth-order valence-corrected chi connectivity index (χ4v) is 5.97. The number of fused-ring (bicyclic) bond motifs is 6. The summed E-state index contributed by atoms with van der Waals surface area (Å²) in [6, 6.07) is 6.50. The van der Waals surface area contributed by atoms with Gasteiger partial charge in [-0.1, -0.05) is 6.58 Å². The molecule has 0 saturated carbocycles. The summed E-state index contributed by atoms with van der Waals surface area (Å²) in [6.45, 7) is 3.31. The van der Waals surface area contributed by atoms with Crippen LogP contribution < -0.4 is 23.7 Å². The molecule has 4 heterocycles. The fourth-order valence-electron chi connectivity index (χ4n) is 5.97. The van der Waals surface area contributed by atoms with E-state index in [4.69, 9.17) is 33.2 Å². The minimum atomic E-state index is -1.84. The van der Waals surface area contributed by atoms with Crippen LogP contribution >= 0.6 is 0 Å². The number of hydrogen-bond acceptors (Lipinski definition) is 13. The predicted molar refractivity (Wildman–Crippen MR) is 142 cm³/mol. The topological polar surface area (TPSA) is 186 Å². The minimum Gasteiger partial charge on any atom is -0.493 e. The SMILES string of the molecule is C=C(COC1OC(CO)C(O)C(O)C1O)C1Cc2c(ccc3c2OC2COc4cc(OC)c(OC)cc4C2(O)C3O)O1. The van der Waals surface area contributed by atoms with Crippen LogP contribution in [0.2, 0.25) is 0 Å². The summed E-state index contributed by atoms with van der Waals surface area (Å²) in [5, 5.41) is 63.1. The van der Waals surface area contributed by atoms with Crippen molar-refractivity contribution < 1.29 is 63.8 Å². The Morgan fingerprint density at radius 1 is 1.00 bits per heavy atom. The van der Waals surface area contributed by atoms with Gasteiger partial charge in [-0.15, -0.1) is 0 Å². The second-order valence-electron chi connectivity index (χ2n) is 10.8. The maximum Gasteiger partial charge on any atom is 0.187 e. The molecular formula is C29H34O13. The molecule has 4 aliphatic heterocycles. The van der Waals surface area contributed by atoms with Crippen molar-refractivity contribution in [1.29, 1.82) is 0 Å². The van der Waals surface area contributed by atoms with E-state index < -0.39 is 61.2 Å². The molecule has 13 nitrogen and oxygen atoms in total. The van der Waals surface area contributed by atoms with E-state index in [9.17, 15) is 30.6 Å². The van der Waals surface area contributed by atoms with Crippen molar-refractivity contribution in [3.63, 3.8) is 0 Å². The van der Waals surface area contributed by atoms with E-state index in [1.807, 2.05) is 0 Å². The first kappa shape index (κ1) is 29.0. The zero-order valence-electron chi connectivity index (χ0n) is 23.0. The summed E-state index contributed by atoms with van der Waals surface area (Å²) >= 11 is 0. The zero-order chi connectivity index (χ0) is 29.9. The van der Waals surface area contributed by atoms with Crippen molar-refractivity contribution in [1.82, 2.24) is 0 Å². The Morgan fingerprint density at radius 2 is 1.74 bits per heavy atom. The van der Waals surface area contributed by atoms with Crippen LogP contribution in [0.15, 0.2) is 36.4 Å². The normalized spacial score (nSPS) is 34.5. The van der Waals surface area contributed by atoms with Gasteiger partial charge in [0.25, 0.3) is 0 Å². The van der Waals surface area contributed by atoms with Crippen molar-refractivity contribution >= 4 is 0 Å². The van der Waals surface area contributed by atoms with Crippen LogP contribution in [0.1, 0.15) is 22.8 Å². The number of methoxy groups -OCH3 is 2. The van der Waals surface area contributed by atoms with Crippen LogP contribution in [-0.4, -0.2) is 108 Å². The standard InChI is InChI=1S/C29H34O13/c1-12(10-39-28-25(33)24(32)23(31)21(9-30)41-28)17-6-14-16(40-17)5-4-13-26(14)42-22-11-38-18-8-20(37-3)19(36-2)7-15(18)29(22,35)27(13)34/h4-5,7-8,17,21-25,27-28,30-35H,1,6,9-11H2,2-3H3. The highest BCUT2D eigenvalue weighted by Crippen LogP contribution is 2.55. The van der Waals surface area contributed by atoms with Gasteiger partial charge in [-0.25, -0.2) is 0 Å². The molecule has 0 spiro atoms. The number of benzene rings is 2. The molecule has 2 aromatic carbocycles. The van der Waals surface area contributed by atoms with Crippen LogP contribution in [0, 0.1) is 0 Å².